The van der Waals surface area contributed by atoms with Crippen molar-refractivity contribution in [2.45, 2.75) is 26.0 Å². The van der Waals surface area contributed by atoms with Crippen LogP contribution in [0.3, 0.4) is 0 Å². The third-order valence-electron chi connectivity index (χ3n) is 0.375. The summed E-state index contributed by atoms with van der Waals surface area (Å²) in [7, 11) is 0. The molecule has 1 aliphatic carbocycles. The van der Waals surface area contributed by atoms with E-state index in [0.717, 1.165) is 0 Å². The van der Waals surface area contributed by atoms with Crippen LogP contribution in [0, 0.1) is 5.92 Å². The van der Waals surface area contributed by atoms with E-state index >= 15 is 0 Å². The summed E-state index contributed by atoms with van der Waals surface area (Å²) in [5.41, 5.74) is 0. The first-order valence-corrected chi connectivity index (χ1v) is 1.25. The molecule has 1 fully saturated rings. The molecule has 0 spiro atoms. The van der Waals surface area contributed by atoms with Crippen LogP contribution in [-0.2, 0) is 0 Å². The van der Waals surface area contributed by atoms with Gasteiger partial charge in [-0.1, -0.05) is 13.2 Å². The van der Waals surface area contributed by atoms with E-state index in [1.165, 1.54) is 0 Å². The van der Waals surface area contributed by atoms with Gasteiger partial charge in [-0.05, 0) is 18.7 Å². The highest BCUT2D eigenvalue weighted by atomic mass is 14.1. The summed E-state index contributed by atoms with van der Waals surface area (Å²) in [6.07, 6.45) is -8.26. The van der Waals surface area contributed by atoms with Gasteiger partial charge in [0.2, 0.25) is 0 Å². The second-order valence-electron chi connectivity index (χ2n) is 0.750. The van der Waals surface area contributed by atoms with Gasteiger partial charge in [0, 0.05) is 12.3 Å². The first kappa shape index (κ1) is 0.408. The fraction of sp³-hybridized carbons (Fsp3) is 0.800. The summed E-state index contributed by atoms with van der Waals surface area (Å²) in [4.78, 5) is 0. The van der Waals surface area contributed by atoms with E-state index < -0.39 is 31.9 Å². The van der Waals surface area contributed by atoms with Gasteiger partial charge in [0.15, 0.2) is 0 Å². The molecule has 0 nitrogen and oxygen atoms in total. The lowest BCUT2D eigenvalue weighted by Crippen LogP contribution is -2.01. The number of hydrogen-bond donors (Lipinski definition) is 0. The third-order valence-corrected chi connectivity index (χ3v) is 0.375. The summed E-state index contributed by atoms with van der Waals surface area (Å²) >= 11 is 0. The highest BCUT2D eigenvalue weighted by Crippen LogP contribution is 2.26. The second-order valence-corrected chi connectivity index (χ2v) is 0.750. The lowest BCUT2D eigenvalue weighted by Gasteiger charge is -2.18. The maximum Gasteiger partial charge on any atom is 0.0272 e. The maximum atomic E-state index is 7.19. The highest BCUT2D eigenvalue weighted by molar-refractivity contribution is 4.92. The van der Waals surface area contributed by atoms with Gasteiger partial charge < -0.3 is 0 Å². The largest absolute Gasteiger partial charge is 0.0591 e. The first-order valence-electron chi connectivity index (χ1n) is 5.75. The van der Waals surface area contributed by atoms with Crippen LogP contribution < -0.4 is 0 Å². The Hall–Kier alpha value is 0. The number of hydrogen-bond acceptors (Lipinski definition) is 0. The minimum Gasteiger partial charge on any atom is -0.0591 e. The highest BCUT2D eigenvalue weighted by Gasteiger charge is 2.09. The Morgan fingerprint density at radius 1 is 2.00 bits per heavy atom. The zero-order chi connectivity index (χ0) is 11.6. The minimum absolute atomic E-state index is 0.984. The standard InChI is InChI=1S/C5H9/c1-5-3-2-4-5/h2-4H2,1H3/i1D3,2D2,3D2,4D2. The summed E-state index contributed by atoms with van der Waals surface area (Å²) in [6, 6.07) is 0. The summed E-state index contributed by atoms with van der Waals surface area (Å²) in [6.45, 7) is -2.90. The first-order chi connectivity index (χ1) is 5.87. The van der Waals surface area contributed by atoms with Crippen LogP contribution in [0.5, 0.6) is 0 Å². The monoisotopic (exact) mass is 78.1 g/mol. The summed E-state index contributed by atoms with van der Waals surface area (Å²) in [5.74, 6) is -0.984. The molecule has 0 amide bonds. The van der Waals surface area contributed by atoms with Crippen molar-refractivity contribution in [3.05, 3.63) is 5.92 Å². The maximum absolute atomic E-state index is 7.19. The molecule has 0 aromatic carbocycles. The second kappa shape index (κ2) is 1.00. The van der Waals surface area contributed by atoms with Gasteiger partial charge in [0.1, 0.15) is 0 Å². The fourth-order valence-electron chi connectivity index (χ4n) is 0.125. The molecule has 1 radical (unpaired) electrons. The van der Waals surface area contributed by atoms with Crippen LogP contribution in [0.4, 0.5) is 0 Å². The van der Waals surface area contributed by atoms with E-state index in [9.17, 15) is 0 Å². The predicted octanol–water partition coefficient (Wildman–Crippen LogP) is 1.76. The molecule has 1 saturated carbocycles. The van der Waals surface area contributed by atoms with Crippen LogP contribution in [0.1, 0.15) is 38.3 Å². The van der Waals surface area contributed by atoms with E-state index in [4.69, 9.17) is 12.3 Å². The van der Waals surface area contributed by atoms with Crippen molar-refractivity contribution in [3.63, 3.8) is 0 Å². The molecule has 0 aromatic rings. The Kier molecular flexibility index (Phi) is 0.0816. The van der Waals surface area contributed by atoms with Crippen molar-refractivity contribution in [1.82, 2.24) is 0 Å². The molecule has 0 bridgehead atoms. The van der Waals surface area contributed by atoms with Crippen LogP contribution in [-0.4, -0.2) is 0 Å². The smallest absolute Gasteiger partial charge is 0.0272 e. The van der Waals surface area contributed by atoms with E-state index in [1.54, 1.807) is 0 Å². The van der Waals surface area contributed by atoms with Gasteiger partial charge in [-0.15, -0.1) is 0 Å². The quantitative estimate of drug-likeness (QED) is 0.414. The average Bonchev–Trinajstić information content (AvgIpc) is 1.79. The fourth-order valence-corrected chi connectivity index (χ4v) is 0.125. The Bertz CT molecular complexity index is 230. The van der Waals surface area contributed by atoms with Crippen molar-refractivity contribution in [3.8, 4) is 0 Å². The molecule has 0 unspecified atom stereocenters. The Balaban J connectivity index is 3.13. The Labute approximate surface area is 45.8 Å². The molecule has 0 saturated heterocycles. The summed E-state index contributed by atoms with van der Waals surface area (Å²) in [5, 5.41) is 0. The predicted molar refractivity (Wildman–Crippen MR) is 22.8 cm³/mol. The minimum atomic E-state index is -2.90. The zero-order valence-corrected chi connectivity index (χ0v) is 2.50. The van der Waals surface area contributed by atoms with Crippen LogP contribution >= 0.6 is 0 Å². The topological polar surface area (TPSA) is 0 Å². The molecule has 0 N–H and O–H groups in total. The third kappa shape index (κ3) is 0.444. The molecule has 1 aliphatic rings. The molecule has 1 rings (SSSR count). The average molecular weight is 78.2 g/mol. The van der Waals surface area contributed by atoms with E-state index in [-0.39, 0.29) is 0 Å². The molecule has 5 heavy (non-hydrogen) atoms. The van der Waals surface area contributed by atoms with Crippen LogP contribution in [0.15, 0.2) is 0 Å². The van der Waals surface area contributed by atoms with Gasteiger partial charge >= 0.3 is 0 Å². The summed E-state index contributed by atoms with van der Waals surface area (Å²) < 4.78 is 63.8. The molecule has 29 valence electrons. The van der Waals surface area contributed by atoms with Gasteiger partial charge in [0.25, 0.3) is 0 Å². The molecule has 0 aliphatic heterocycles. The van der Waals surface area contributed by atoms with Crippen molar-refractivity contribution < 1.29 is 12.3 Å². The molecule has 0 atom stereocenters. The van der Waals surface area contributed by atoms with Crippen LogP contribution in [0.2, 0.25) is 0 Å². The van der Waals surface area contributed by atoms with Crippen molar-refractivity contribution in [2.24, 2.45) is 0 Å². The molecule has 0 aromatic heterocycles. The van der Waals surface area contributed by atoms with Gasteiger partial charge in [-0.3, -0.25) is 0 Å². The van der Waals surface area contributed by atoms with E-state index in [1.807, 2.05) is 0 Å². The van der Waals surface area contributed by atoms with Gasteiger partial charge in [0.05, 0.1) is 0 Å². The van der Waals surface area contributed by atoms with Crippen LogP contribution in [0.25, 0.3) is 0 Å². The zero-order valence-electron chi connectivity index (χ0n) is 11.5. The normalized spacial score (nSPS) is 85.2. The van der Waals surface area contributed by atoms with Gasteiger partial charge in [-0.2, -0.15) is 0 Å². The molecule has 0 heteroatoms. The SMILES string of the molecule is [2H]C([2H])([2H])[C]1C([2H])([2H])C([2H])([2H])C1([2H])[2H]. The number of rotatable bonds is 0. The molecular formula is C5H9. The van der Waals surface area contributed by atoms with Gasteiger partial charge in [-0.25, -0.2) is 0 Å². The van der Waals surface area contributed by atoms with E-state index in [0.29, 0.717) is 0 Å². The molecule has 0 heterocycles. The van der Waals surface area contributed by atoms with Crippen molar-refractivity contribution >= 4 is 0 Å². The Morgan fingerprint density at radius 2 is 2.80 bits per heavy atom. The molecular weight excluding hydrogens is 60.1 g/mol. The van der Waals surface area contributed by atoms with E-state index in [2.05, 4.69) is 0 Å². The Morgan fingerprint density at radius 3 is 3.20 bits per heavy atom. The lowest BCUT2D eigenvalue weighted by molar-refractivity contribution is 0.557. The van der Waals surface area contributed by atoms with Crippen molar-refractivity contribution in [2.75, 3.05) is 0 Å². The van der Waals surface area contributed by atoms with Crippen molar-refractivity contribution in [1.29, 1.82) is 0 Å². The lowest BCUT2D eigenvalue weighted by atomic mass is 9.88.